The molecule has 0 bridgehead atoms. The van der Waals surface area contributed by atoms with Gasteiger partial charge in [-0.15, -0.1) is 11.3 Å². The van der Waals surface area contributed by atoms with Crippen LogP contribution in [-0.4, -0.2) is 36.7 Å². The van der Waals surface area contributed by atoms with Crippen LogP contribution < -0.4 is 5.32 Å². The summed E-state index contributed by atoms with van der Waals surface area (Å²) in [7, 11) is -3.64. The summed E-state index contributed by atoms with van der Waals surface area (Å²) in [5, 5.41) is 3.81. The molecule has 0 saturated carbocycles. The SMILES string of the molecule is Cc1ccc(C(=O)Nc2ccc(-c3nc4ccccc4s3)cc2)cc1S(=O)(=O)N1CCCCCC1. The zero-order valence-electron chi connectivity index (χ0n) is 19.5. The monoisotopic (exact) mass is 505 g/mol. The third-order valence-electron chi connectivity index (χ3n) is 6.32. The molecule has 1 aliphatic rings. The van der Waals surface area contributed by atoms with E-state index in [0.717, 1.165) is 46.5 Å². The number of amides is 1. The summed E-state index contributed by atoms with van der Waals surface area (Å²) in [5.41, 5.74) is 3.54. The average Bonchev–Trinajstić information content (AvgIpc) is 3.09. The summed E-state index contributed by atoms with van der Waals surface area (Å²) in [4.78, 5) is 17.9. The van der Waals surface area contributed by atoms with Crippen molar-refractivity contribution in [1.29, 1.82) is 0 Å². The molecule has 0 spiro atoms. The predicted octanol–water partition coefficient (Wildman–Crippen LogP) is 6.09. The van der Waals surface area contributed by atoms with Gasteiger partial charge in [-0.25, -0.2) is 13.4 Å². The van der Waals surface area contributed by atoms with Crippen LogP contribution in [0.15, 0.2) is 71.6 Å². The molecule has 180 valence electrons. The molecule has 6 nitrogen and oxygen atoms in total. The number of benzene rings is 3. The summed E-state index contributed by atoms with van der Waals surface area (Å²) in [6, 6.07) is 20.4. The maximum Gasteiger partial charge on any atom is 0.255 e. The number of carbonyl (C=O) groups excluding carboxylic acids is 1. The fourth-order valence-electron chi connectivity index (χ4n) is 4.34. The predicted molar refractivity (Wildman–Crippen MR) is 141 cm³/mol. The van der Waals surface area contributed by atoms with Crippen molar-refractivity contribution in [3.8, 4) is 10.6 Å². The zero-order chi connectivity index (χ0) is 24.4. The summed E-state index contributed by atoms with van der Waals surface area (Å²) in [5.74, 6) is -0.343. The molecule has 0 unspecified atom stereocenters. The summed E-state index contributed by atoms with van der Waals surface area (Å²) in [6.45, 7) is 2.82. The van der Waals surface area contributed by atoms with Crippen molar-refractivity contribution in [3.63, 3.8) is 0 Å². The van der Waals surface area contributed by atoms with Crippen LogP contribution in [0.3, 0.4) is 0 Å². The van der Waals surface area contributed by atoms with Gasteiger partial charge in [0, 0.05) is 29.9 Å². The quantitative estimate of drug-likeness (QED) is 0.356. The number of hydrogen-bond donors (Lipinski definition) is 1. The van der Waals surface area contributed by atoms with E-state index in [9.17, 15) is 13.2 Å². The van der Waals surface area contributed by atoms with Gasteiger partial charge < -0.3 is 5.32 Å². The lowest BCUT2D eigenvalue weighted by atomic mass is 10.1. The molecular formula is C27H27N3O3S2. The van der Waals surface area contributed by atoms with E-state index < -0.39 is 10.0 Å². The number of rotatable bonds is 5. The Morgan fingerprint density at radius 1 is 0.943 bits per heavy atom. The van der Waals surface area contributed by atoms with Gasteiger partial charge in [-0.1, -0.05) is 31.0 Å². The molecule has 0 atom stereocenters. The Bertz CT molecular complexity index is 1440. The van der Waals surface area contributed by atoms with Crippen LogP contribution in [0.25, 0.3) is 20.8 Å². The summed E-state index contributed by atoms with van der Waals surface area (Å²) >= 11 is 1.63. The second kappa shape index (κ2) is 9.89. The minimum absolute atomic E-state index is 0.207. The van der Waals surface area contributed by atoms with E-state index in [1.165, 1.54) is 6.07 Å². The highest BCUT2D eigenvalue weighted by atomic mass is 32.2. The highest BCUT2D eigenvalue weighted by Crippen LogP contribution is 2.31. The molecule has 1 fully saturated rings. The van der Waals surface area contributed by atoms with Crippen molar-refractivity contribution in [2.75, 3.05) is 18.4 Å². The number of carbonyl (C=O) groups is 1. The molecule has 35 heavy (non-hydrogen) atoms. The molecular weight excluding hydrogens is 478 g/mol. The van der Waals surface area contributed by atoms with Crippen LogP contribution in [0.1, 0.15) is 41.6 Å². The number of aromatic nitrogens is 1. The van der Waals surface area contributed by atoms with Crippen LogP contribution in [0.4, 0.5) is 5.69 Å². The number of para-hydroxylation sites is 1. The van der Waals surface area contributed by atoms with Crippen molar-refractivity contribution in [3.05, 3.63) is 77.9 Å². The first-order chi connectivity index (χ1) is 16.9. The minimum Gasteiger partial charge on any atom is -0.322 e. The van der Waals surface area contributed by atoms with Crippen molar-refractivity contribution in [2.45, 2.75) is 37.5 Å². The number of fused-ring (bicyclic) bond motifs is 1. The van der Waals surface area contributed by atoms with Crippen LogP contribution >= 0.6 is 11.3 Å². The van der Waals surface area contributed by atoms with Gasteiger partial charge in [0.15, 0.2) is 0 Å². The number of anilines is 1. The topological polar surface area (TPSA) is 79.4 Å². The number of aryl methyl sites for hydroxylation is 1. The van der Waals surface area contributed by atoms with Gasteiger partial charge in [0.2, 0.25) is 10.0 Å². The van der Waals surface area contributed by atoms with E-state index in [0.29, 0.717) is 29.9 Å². The molecule has 0 aliphatic carbocycles. The first kappa shape index (κ1) is 23.7. The van der Waals surface area contributed by atoms with Crippen molar-refractivity contribution in [2.24, 2.45) is 0 Å². The van der Waals surface area contributed by atoms with E-state index >= 15 is 0 Å². The van der Waals surface area contributed by atoms with Crippen LogP contribution in [-0.2, 0) is 10.0 Å². The molecule has 1 saturated heterocycles. The standard InChI is InChI=1S/C27H27N3O3S2/c1-19-10-11-21(18-25(19)35(32,33)30-16-6-2-3-7-17-30)26(31)28-22-14-12-20(13-15-22)27-29-23-8-4-5-9-24(23)34-27/h4-5,8-15,18H,2-3,6-7,16-17H2,1H3,(H,28,31). The number of hydrogen-bond acceptors (Lipinski definition) is 5. The van der Waals surface area contributed by atoms with Crippen molar-refractivity contribution in [1.82, 2.24) is 9.29 Å². The molecule has 0 radical (unpaired) electrons. The first-order valence-corrected chi connectivity index (χ1v) is 14.1. The molecule has 4 aromatic rings. The summed E-state index contributed by atoms with van der Waals surface area (Å²) in [6.07, 6.45) is 3.83. The van der Waals surface area contributed by atoms with Crippen molar-refractivity contribution < 1.29 is 13.2 Å². The molecule has 1 aromatic heterocycles. The molecule has 5 rings (SSSR count). The van der Waals surface area contributed by atoms with Gasteiger partial charge in [-0.3, -0.25) is 4.79 Å². The van der Waals surface area contributed by atoms with E-state index in [4.69, 9.17) is 0 Å². The fourth-order valence-corrected chi connectivity index (χ4v) is 7.07. The maximum atomic E-state index is 13.3. The number of nitrogens with one attached hydrogen (secondary N) is 1. The molecule has 2 heterocycles. The Kier molecular flexibility index (Phi) is 6.69. The van der Waals surface area contributed by atoms with Gasteiger partial charge >= 0.3 is 0 Å². The molecule has 1 N–H and O–H groups in total. The Hall–Kier alpha value is -3.07. The van der Waals surface area contributed by atoms with E-state index in [1.807, 2.05) is 48.5 Å². The normalized spacial score (nSPS) is 15.1. The van der Waals surface area contributed by atoms with Gasteiger partial charge in [-0.2, -0.15) is 4.31 Å². The van der Waals surface area contributed by atoms with E-state index in [-0.39, 0.29) is 10.8 Å². The van der Waals surface area contributed by atoms with Gasteiger partial charge in [0.25, 0.3) is 5.91 Å². The summed E-state index contributed by atoms with van der Waals surface area (Å²) < 4.78 is 29.3. The van der Waals surface area contributed by atoms with Crippen LogP contribution in [0, 0.1) is 6.92 Å². The van der Waals surface area contributed by atoms with Gasteiger partial charge in [0.05, 0.1) is 15.1 Å². The Labute approximate surface area is 209 Å². The molecule has 8 heteroatoms. The minimum atomic E-state index is -3.64. The van der Waals surface area contributed by atoms with E-state index in [1.54, 1.807) is 34.7 Å². The first-order valence-electron chi connectivity index (χ1n) is 11.8. The zero-order valence-corrected chi connectivity index (χ0v) is 21.2. The van der Waals surface area contributed by atoms with Gasteiger partial charge in [-0.05, 0) is 73.9 Å². The molecule has 1 amide bonds. The highest BCUT2D eigenvalue weighted by molar-refractivity contribution is 7.89. The second-order valence-corrected chi connectivity index (χ2v) is 11.8. The van der Waals surface area contributed by atoms with Crippen LogP contribution in [0.5, 0.6) is 0 Å². The number of nitrogens with zero attached hydrogens (tertiary/aromatic N) is 2. The Morgan fingerprint density at radius 2 is 1.66 bits per heavy atom. The Balaban J connectivity index is 1.34. The van der Waals surface area contributed by atoms with Crippen molar-refractivity contribution >= 4 is 43.2 Å². The average molecular weight is 506 g/mol. The molecule has 3 aromatic carbocycles. The number of thiazole rings is 1. The third-order valence-corrected chi connectivity index (χ3v) is 9.44. The lowest BCUT2D eigenvalue weighted by molar-refractivity contribution is 0.102. The largest absolute Gasteiger partial charge is 0.322 e. The van der Waals surface area contributed by atoms with Crippen LogP contribution in [0.2, 0.25) is 0 Å². The smallest absolute Gasteiger partial charge is 0.255 e. The fraction of sp³-hybridized carbons (Fsp3) is 0.259. The van der Waals surface area contributed by atoms with E-state index in [2.05, 4.69) is 10.3 Å². The molecule has 1 aliphatic heterocycles. The second-order valence-electron chi connectivity index (χ2n) is 8.82. The van der Waals surface area contributed by atoms with Gasteiger partial charge in [0.1, 0.15) is 5.01 Å². The third kappa shape index (κ3) is 5.00. The Morgan fingerprint density at radius 3 is 2.37 bits per heavy atom. The number of sulfonamides is 1. The lowest BCUT2D eigenvalue weighted by Gasteiger charge is -2.21. The lowest BCUT2D eigenvalue weighted by Crippen LogP contribution is -2.32. The highest BCUT2D eigenvalue weighted by Gasteiger charge is 2.27. The maximum absolute atomic E-state index is 13.3.